The highest BCUT2D eigenvalue weighted by Gasteiger charge is 2.30. The van der Waals surface area contributed by atoms with Gasteiger partial charge in [-0.3, -0.25) is 0 Å². The van der Waals surface area contributed by atoms with Crippen LogP contribution in [0.15, 0.2) is 24.3 Å². The van der Waals surface area contributed by atoms with Crippen LogP contribution in [0, 0.1) is 11.8 Å². The lowest BCUT2D eigenvalue weighted by Crippen LogP contribution is -2.34. The molecule has 0 saturated heterocycles. The molecule has 0 aliphatic heterocycles. The predicted molar refractivity (Wildman–Crippen MR) is 71.0 cm³/mol. The van der Waals surface area contributed by atoms with Crippen molar-refractivity contribution in [1.29, 1.82) is 0 Å². The molecule has 1 fully saturated rings. The fraction of sp³-hybridized carbons (Fsp3) is 0.600. The van der Waals surface area contributed by atoms with E-state index < -0.39 is 11.7 Å². The van der Waals surface area contributed by atoms with Crippen molar-refractivity contribution in [2.24, 2.45) is 11.8 Å². The molecule has 0 radical (unpaired) electrons. The number of rotatable bonds is 2. The lowest BCUT2D eigenvalue weighted by atomic mass is 9.78. The first-order chi connectivity index (χ1) is 8.88. The molecule has 1 aromatic carbocycles. The summed E-state index contributed by atoms with van der Waals surface area (Å²) in [5, 5.41) is 3.37. The average molecular weight is 271 g/mol. The van der Waals surface area contributed by atoms with Crippen molar-refractivity contribution in [2.75, 3.05) is 5.32 Å². The number of halogens is 3. The molecular weight excluding hydrogens is 251 g/mol. The second kappa shape index (κ2) is 5.43. The summed E-state index contributed by atoms with van der Waals surface area (Å²) in [4.78, 5) is 0. The van der Waals surface area contributed by atoms with Crippen LogP contribution in [0.3, 0.4) is 0 Å². The molecule has 2 rings (SSSR count). The summed E-state index contributed by atoms with van der Waals surface area (Å²) < 4.78 is 37.4. The zero-order chi connectivity index (χ0) is 14.0. The lowest BCUT2D eigenvalue weighted by molar-refractivity contribution is -0.137. The van der Waals surface area contributed by atoms with Gasteiger partial charge >= 0.3 is 6.18 Å². The van der Waals surface area contributed by atoms with Crippen LogP contribution in [-0.4, -0.2) is 6.04 Å². The third-order valence-corrected chi connectivity index (χ3v) is 4.27. The topological polar surface area (TPSA) is 12.0 Å². The second-order valence-corrected chi connectivity index (χ2v) is 5.59. The Balaban J connectivity index is 2.03. The van der Waals surface area contributed by atoms with Crippen LogP contribution in [0.4, 0.5) is 18.9 Å². The number of benzene rings is 1. The molecule has 0 aromatic heterocycles. The van der Waals surface area contributed by atoms with Crippen molar-refractivity contribution >= 4 is 5.69 Å². The predicted octanol–water partition coefficient (Wildman–Crippen LogP) is 4.94. The van der Waals surface area contributed by atoms with E-state index in [1.807, 2.05) is 0 Å². The van der Waals surface area contributed by atoms with Crippen LogP contribution >= 0.6 is 0 Å². The molecule has 0 amide bonds. The fourth-order valence-corrected chi connectivity index (χ4v) is 2.76. The molecule has 1 saturated carbocycles. The first kappa shape index (κ1) is 14.2. The summed E-state index contributed by atoms with van der Waals surface area (Å²) in [6.07, 6.45) is -0.742. The number of anilines is 1. The Kier molecular flexibility index (Phi) is 4.07. The van der Waals surface area contributed by atoms with Gasteiger partial charge in [0.15, 0.2) is 0 Å². The Hall–Kier alpha value is -1.19. The van der Waals surface area contributed by atoms with E-state index in [1.165, 1.54) is 25.0 Å². The van der Waals surface area contributed by atoms with Crippen LogP contribution < -0.4 is 5.32 Å². The largest absolute Gasteiger partial charge is 0.416 e. The Labute approximate surface area is 112 Å². The van der Waals surface area contributed by atoms with Crippen molar-refractivity contribution in [2.45, 2.75) is 45.3 Å². The molecule has 1 aromatic rings. The van der Waals surface area contributed by atoms with E-state index in [2.05, 4.69) is 19.2 Å². The standard InChI is InChI=1S/C15H20F3N/c1-10-4-3-5-14(11(10)2)19-13-8-6-12(7-9-13)15(16,17)18/h6-11,14,19H,3-5H2,1-2H3. The number of alkyl halides is 3. The third kappa shape index (κ3) is 3.43. The van der Waals surface area contributed by atoms with Gasteiger partial charge in [0, 0.05) is 11.7 Å². The molecule has 0 bridgehead atoms. The summed E-state index contributed by atoms with van der Waals surface area (Å²) in [6, 6.07) is 5.68. The number of nitrogens with one attached hydrogen (secondary N) is 1. The highest BCUT2D eigenvalue weighted by atomic mass is 19.4. The van der Waals surface area contributed by atoms with Gasteiger partial charge in [0.25, 0.3) is 0 Å². The second-order valence-electron chi connectivity index (χ2n) is 5.59. The fourth-order valence-electron chi connectivity index (χ4n) is 2.76. The summed E-state index contributed by atoms with van der Waals surface area (Å²) >= 11 is 0. The van der Waals surface area contributed by atoms with Crippen molar-refractivity contribution in [3.63, 3.8) is 0 Å². The zero-order valence-corrected chi connectivity index (χ0v) is 11.3. The van der Waals surface area contributed by atoms with Gasteiger partial charge in [-0.25, -0.2) is 0 Å². The Morgan fingerprint density at radius 1 is 1.05 bits per heavy atom. The van der Waals surface area contributed by atoms with Gasteiger partial charge in [0.1, 0.15) is 0 Å². The maximum atomic E-state index is 12.5. The molecule has 1 aliphatic rings. The Bertz CT molecular complexity index is 410. The molecule has 19 heavy (non-hydrogen) atoms. The van der Waals surface area contributed by atoms with Gasteiger partial charge in [0.2, 0.25) is 0 Å². The van der Waals surface area contributed by atoms with E-state index in [-0.39, 0.29) is 0 Å². The van der Waals surface area contributed by atoms with Gasteiger partial charge in [0.05, 0.1) is 5.56 Å². The summed E-state index contributed by atoms with van der Waals surface area (Å²) in [7, 11) is 0. The normalized spacial score (nSPS) is 28.2. The van der Waals surface area contributed by atoms with Gasteiger partial charge in [-0.1, -0.05) is 26.7 Å². The molecule has 3 atom stereocenters. The highest BCUT2D eigenvalue weighted by Crippen LogP contribution is 2.33. The number of hydrogen-bond donors (Lipinski definition) is 1. The smallest absolute Gasteiger partial charge is 0.382 e. The minimum atomic E-state index is -4.26. The maximum absolute atomic E-state index is 12.5. The molecule has 0 heterocycles. The van der Waals surface area contributed by atoms with Crippen molar-refractivity contribution in [1.82, 2.24) is 0 Å². The van der Waals surface area contributed by atoms with Gasteiger partial charge in [-0.15, -0.1) is 0 Å². The summed E-state index contributed by atoms with van der Waals surface area (Å²) in [5.74, 6) is 1.22. The summed E-state index contributed by atoms with van der Waals surface area (Å²) in [5.41, 5.74) is 0.182. The van der Waals surface area contributed by atoms with Crippen LogP contribution in [0.5, 0.6) is 0 Å². The highest BCUT2D eigenvalue weighted by molar-refractivity contribution is 5.46. The molecule has 1 N–H and O–H groups in total. The van der Waals surface area contributed by atoms with Crippen molar-refractivity contribution in [3.8, 4) is 0 Å². The molecule has 4 heteroatoms. The van der Waals surface area contributed by atoms with Crippen LogP contribution in [-0.2, 0) is 6.18 Å². The van der Waals surface area contributed by atoms with Crippen molar-refractivity contribution in [3.05, 3.63) is 29.8 Å². The van der Waals surface area contributed by atoms with E-state index in [0.717, 1.165) is 24.2 Å². The van der Waals surface area contributed by atoms with E-state index in [4.69, 9.17) is 0 Å². The lowest BCUT2D eigenvalue weighted by Gasteiger charge is -2.35. The molecular formula is C15H20F3N. The minimum Gasteiger partial charge on any atom is -0.382 e. The van der Waals surface area contributed by atoms with Gasteiger partial charge < -0.3 is 5.32 Å². The van der Waals surface area contributed by atoms with Crippen LogP contribution in [0.2, 0.25) is 0 Å². The third-order valence-electron chi connectivity index (χ3n) is 4.27. The maximum Gasteiger partial charge on any atom is 0.416 e. The van der Waals surface area contributed by atoms with Gasteiger partial charge in [-0.05, 0) is 42.5 Å². The average Bonchev–Trinajstić information content (AvgIpc) is 2.35. The van der Waals surface area contributed by atoms with Crippen LogP contribution in [0.1, 0.15) is 38.7 Å². The molecule has 106 valence electrons. The van der Waals surface area contributed by atoms with E-state index in [9.17, 15) is 13.2 Å². The quantitative estimate of drug-likeness (QED) is 0.803. The molecule has 1 aliphatic carbocycles. The Morgan fingerprint density at radius 2 is 1.68 bits per heavy atom. The minimum absolute atomic E-state index is 0.362. The molecule has 1 nitrogen and oxygen atoms in total. The monoisotopic (exact) mass is 271 g/mol. The van der Waals surface area contributed by atoms with E-state index >= 15 is 0 Å². The van der Waals surface area contributed by atoms with E-state index in [0.29, 0.717) is 17.9 Å². The zero-order valence-electron chi connectivity index (χ0n) is 11.3. The molecule has 3 unspecified atom stereocenters. The first-order valence-corrected chi connectivity index (χ1v) is 6.81. The van der Waals surface area contributed by atoms with Crippen molar-refractivity contribution < 1.29 is 13.2 Å². The Morgan fingerprint density at radius 3 is 2.26 bits per heavy atom. The SMILES string of the molecule is CC1CCCC(Nc2ccc(C(F)(F)F)cc2)C1C. The van der Waals surface area contributed by atoms with Gasteiger partial charge in [-0.2, -0.15) is 13.2 Å². The van der Waals surface area contributed by atoms with Crippen LogP contribution in [0.25, 0.3) is 0 Å². The molecule has 0 spiro atoms. The van der Waals surface area contributed by atoms with E-state index in [1.54, 1.807) is 0 Å². The summed E-state index contributed by atoms with van der Waals surface area (Å²) in [6.45, 7) is 4.46. The number of hydrogen-bond acceptors (Lipinski definition) is 1. The first-order valence-electron chi connectivity index (χ1n) is 6.81.